The Bertz CT molecular complexity index is 541. The number of aromatic hydroxyl groups is 1. The molecule has 0 aliphatic heterocycles. The summed E-state index contributed by atoms with van der Waals surface area (Å²) in [7, 11) is 0. The third-order valence-electron chi connectivity index (χ3n) is 2.93. The number of phenols is 1. The normalized spacial score (nSPS) is 11.1. The highest BCUT2D eigenvalue weighted by Crippen LogP contribution is 2.28. The zero-order chi connectivity index (χ0) is 12.6. The zero-order valence-electron chi connectivity index (χ0n) is 10.7. The van der Waals surface area contributed by atoms with Gasteiger partial charge in [-0.15, -0.1) is 0 Å². The Kier molecular flexibility index (Phi) is 2.92. The molecular formula is C14H18N2O. The first-order valence-electron chi connectivity index (χ1n) is 5.85. The molecule has 1 heterocycles. The third-order valence-corrected chi connectivity index (χ3v) is 2.93. The maximum atomic E-state index is 9.73. The first-order chi connectivity index (χ1) is 7.99. The molecule has 90 valence electrons. The molecule has 0 spiro atoms. The van der Waals surface area contributed by atoms with Gasteiger partial charge in [0.2, 0.25) is 0 Å². The van der Waals surface area contributed by atoms with Gasteiger partial charge in [-0.2, -0.15) is 0 Å². The minimum Gasteiger partial charge on any atom is -0.508 e. The molecule has 0 fully saturated rings. The average molecular weight is 230 g/mol. The first-order valence-corrected chi connectivity index (χ1v) is 5.85. The van der Waals surface area contributed by atoms with Gasteiger partial charge >= 0.3 is 0 Å². The van der Waals surface area contributed by atoms with Crippen LogP contribution >= 0.6 is 0 Å². The monoisotopic (exact) mass is 230 g/mol. The summed E-state index contributed by atoms with van der Waals surface area (Å²) in [5.74, 6) is 1.68. The summed E-state index contributed by atoms with van der Waals surface area (Å²) in [5.41, 5.74) is 3.79. The van der Waals surface area contributed by atoms with Crippen molar-refractivity contribution in [2.75, 3.05) is 0 Å². The fourth-order valence-corrected chi connectivity index (χ4v) is 1.79. The Labute approximate surface area is 102 Å². The van der Waals surface area contributed by atoms with Crippen LogP contribution in [0.1, 0.15) is 36.8 Å². The van der Waals surface area contributed by atoms with Crippen molar-refractivity contribution < 1.29 is 5.11 Å². The summed E-state index contributed by atoms with van der Waals surface area (Å²) < 4.78 is 0. The molecule has 1 aromatic heterocycles. The molecule has 0 aliphatic rings. The van der Waals surface area contributed by atoms with Crippen LogP contribution < -0.4 is 0 Å². The average Bonchev–Trinajstić information content (AvgIpc) is 2.65. The molecule has 2 rings (SSSR count). The Morgan fingerprint density at radius 3 is 2.47 bits per heavy atom. The van der Waals surface area contributed by atoms with Crippen LogP contribution in [-0.4, -0.2) is 15.1 Å². The summed E-state index contributed by atoms with van der Waals surface area (Å²) in [6.45, 7) is 8.10. The Morgan fingerprint density at radius 1 is 1.24 bits per heavy atom. The molecule has 17 heavy (non-hydrogen) atoms. The molecule has 2 aromatic rings. The lowest BCUT2D eigenvalue weighted by molar-refractivity contribution is 0.471. The highest BCUT2D eigenvalue weighted by molar-refractivity contribution is 5.64. The van der Waals surface area contributed by atoms with E-state index in [0.717, 1.165) is 28.3 Å². The van der Waals surface area contributed by atoms with Crippen molar-refractivity contribution in [1.82, 2.24) is 9.97 Å². The van der Waals surface area contributed by atoms with Crippen molar-refractivity contribution in [3.05, 3.63) is 35.3 Å². The van der Waals surface area contributed by atoms with Gasteiger partial charge in [-0.25, -0.2) is 4.98 Å². The summed E-state index contributed by atoms with van der Waals surface area (Å²) in [6, 6.07) is 5.67. The van der Waals surface area contributed by atoms with Gasteiger partial charge in [-0.1, -0.05) is 26.0 Å². The molecule has 0 saturated heterocycles. The number of hydrogen-bond acceptors (Lipinski definition) is 2. The fraction of sp³-hybridized carbons (Fsp3) is 0.357. The Morgan fingerprint density at radius 2 is 1.94 bits per heavy atom. The minimum atomic E-state index is 0.316. The summed E-state index contributed by atoms with van der Waals surface area (Å²) in [6.07, 6.45) is 0. The fourth-order valence-electron chi connectivity index (χ4n) is 1.79. The van der Waals surface area contributed by atoms with Gasteiger partial charge in [0.15, 0.2) is 0 Å². The van der Waals surface area contributed by atoms with E-state index in [1.54, 1.807) is 6.07 Å². The lowest BCUT2D eigenvalue weighted by atomic mass is 10.1. The van der Waals surface area contributed by atoms with E-state index >= 15 is 0 Å². The molecule has 0 radical (unpaired) electrons. The highest BCUT2D eigenvalue weighted by Gasteiger charge is 2.12. The molecule has 2 N–H and O–H groups in total. The topological polar surface area (TPSA) is 48.9 Å². The number of benzene rings is 1. The van der Waals surface area contributed by atoms with Crippen molar-refractivity contribution in [3.63, 3.8) is 0 Å². The molecule has 0 unspecified atom stereocenters. The second kappa shape index (κ2) is 4.24. The second-order valence-electron chi connectivity index (χ2n) is 4.75. The summed E-state index contributed by atoms with van der Waals surface area (Å²) in [5, 5.41) is 9.73. The first kappa shape index (κ1) is 11.7. The SMILES string of the molecule is Cc1ccc(-c2nc(C(C)C)[nH]c2C)cc1O. The van der Waals surface area contributed by atoms with E-state index in [-0.39, 0.29) is 0 Å². The smallest absolute Gasteiger partial charge is 0.119 e. The highest BCUT2D eigenvalue weighted by atomic mass is 16.3. The van der Waals surface area contributed by atoms with Crippen LogP contribution in [0.25, 0.3) is 11.3 Å². The molecule has 0 bridgehead atoms. The van der Waals surface area contributed by atoms with E-state index < -0.39 is 0 Å². The van der Waals surface area contributed by atoms with E-state index in [1.807, 2.05) is 26.0 Å². The lowest BCUT2D eigenvalue weighted by Gasteiger charge is -2.02. The van der Waals surface area contributed by atoms with Crippen LogP contribution in [0.4, 0.5) is 0 Å². The van der Waals surface area contributed by atoms with Gasteiger partial charge in [0.05, 0.1) is 5.69 Å². The number of aromatic amines is 1. The van der Waals surface area contributed by atoms with Gasteiger partial charge in [-0.3, -0.25) is 0 Å². The predicted molar refractivity (Wildman–Crippen MR) is 69.3 cm³/mol. The van der Waals surface area contributed by atoms with Crippen molar-refractivity contribution >= 4 is 0 Å². The van der Waals surface area contributed by atoms with Crippen LogP contribution in [-0.2, 0) is 0 Å². The Hall–Kier alpha value is -1.77. The van der Waals surface area contributed by atoms with E-state index in [9.17, 15) is 5.11 Å². The predicted octanol–water partition coefficient (Wildman–Crippen LogP) is 3.52. The summed E-state index contributed by atoms with van der Waals surface area (Å²) >= 11 is 0. The lowest BCUT2D eigenvalue weighted by Crippen LogP contribution is -1.89. The maximum absolute atomic E-state index is 9.73. The van der Waals surface area contributed by atoms with Gasteiger partial charge in [-0.05, 0) is 25.5 Å². The molecule has 3 nitrogen and oxygen atoms in total. The van der Waals surface area contributed by atoms with Gasteiger partial charge < -0.3 is 10.1 Å². The second-order valence-corrected chi connectivity index (χ2v) is 4.75. The molecule has 0 atom stereocenters. The number of nitrogens with zero attached hydrogens (tertiary/aromatic N) is 1. The van der Waals surface area contributed by atoms with E-state index in [4.69, 9.17) is 0 Å². The number of aryl methyl sites for hydroxylation is 2. The maximum Gasteiger partial charge on any atom is 0.119 e. The van der Waals surface area contributed by atoms with Crippen molar-refractivity contribution in [1.29, 1.82) is 0 Å². The van der Waals surface area contributed by atoms with Gasteiger partial charge in [0, 0.05) is 17.2 Å². The number of hydrogen-bond donors (Lipinski definition) is 2. The van der Waals surface area contributed by atoms with E-state index in [1.165, 1.54) is 0 Å². The van der Waals surface area contributed by atoms with Crippen molar-refractivity contribution in [3.8, 4) is 17.0 Å². The third kappa shape index (κ3) is 2.18. The molecular weight excluding hydrogens is 212 g/mol. The van der Waals surface area contributed by atoms with Crippen LogP contribution in [0.3, 0.4) is 0 Å². The number of imidazole rings is 1. The van der Waals surface area contributed by atoms with Crippen LogP contribution in [0.15, 0.2) is 18.2 Å². The zero-order valence-corrected chi connectivity index (χ0v) is 10.7. The van der Waals surface area contributed by atoms with Crippen molar-refractivity contribution in [2.45, 2.75) is 33.6 Å². The number of aromatic nitrogens is 2. The van der Waals surface area contributed by atoms with E-state index in [2.05, 4.69) is 23.8 Å². The number of phenolic OH excluding ortho intramolecular Hbond substituents is 1. The van der Waals surface area contributed by atoms with E-state index in [0.29, 0.717) is 11.7 Å². The largest absolute Gasteiger partial charge is 0.508 e. The minimum absolute atomic E-state index is 0.316. The van der Waals surface area contributed by atoms with Crippen LogP contribution in [0, 0.1) is 13.8 Å². The quantitative estimate of drug-likeness (QED) is 0.829. The number of rotatable bonds is 2. The van der Waals surface area contributed by atoms with Gasteiger partial charge in [0.1, 0.15) is 11.6 Å². The van der Waals surface area contributed by atoms with Gasteiger partial charge in [0.25, 0.3) is 0 Å². The summed E-state index contributed by atoms with van der Waals surface area (Å²) in [4.78, 5) is 7.87. The Balaban J connectivity index is 2.49. The standard InChI is InChI=1S/C14H18N2O/c1-8(2)14-15-10(4)13(16-14)11-6-5-9(3)12(17)7-11/h5-8,17H,1-4H3,(H,15,16). The molecule has 0 aliphatic carbocycles. The molecule has 0 amide bonds. The van der Waals surface area contributed by atoms with Crippen LogP contribution in [0.2, 0.25) is 0 Å². The molecule has 3 heteroatoms. The molecule has 1 aromatic carbocycles. The number of H-pyrrole nitrogens is 1. The number of nitrogens with one attached hydrogen (secondary N) is 1. The van der Waals surface area contributed by atoms with Crippen molar-refractivity contribution in [2.24, 2.45) is 0 Å². The van der Waals surface area contributed by atoms with Crippen LogP contribution in [0.5, 0.6) is 5.75 Å². The molecule has 0 saturated carbocycles.